The van der Waals surface area contributed by atoms with Crippen LogP contribution >= 0.6 is 0 Å². The molecule has 1 amide bonds. The van der Waals surface area contributed by atoms with Crippen molar-refractivity contribution < 1.29 is 9.53 Å². The smallest absolute Gasteiger partial charge is 0.219 e. The van der Waals surface area contributed by atoms with Crippen LogP contribution in [0.2, 0.25) is 0 Å². The predicted octanol–water partition coefficient (Wildman–Crippen LogP) is 0.281. The Morgan fingerprint density at radius 1 is 1.64 bits per heavy atom. The topological polar surface area (TPSA) is 50.4 Å². The lowest BCUT2D eigenvalue weighted by Crippen LogP contribution is -2.27. The predicted molar refractivity (Wildman–Crippen MR) is 55.1 cm³/mol. The Hall–Kier alpha value is -0.610. The number of carbonyl (C=O) groups excluding carboxylic acids is 1. The van der Waals surface area contributed by atoms with E-state index in [9.17, 15) is 4.79 Å². The second-order valence-corrected chi connectivity index (χ2v) is 3.64. The maximum atomic E-state index is 10.9. The van der Waals surface area contributed by atoms with Gasteiger partial charge < -0.3 is 15.4 Å². The first-order valence-corrected chi connectivity index (χ1v) is 5.34. The van der Waals surface area contributed by atoms with Crippen LogP contribution in [-0.4, -0.2) is 38.8 Å². The van der Waals surface area contributed by atoms with Gasteiger partial charge in [0.05, 0.1) is 6.61 Å². The third-order valence-corrected chi connectivity index (χ3v) is 2.45. The SMILES string of the molecule is CNC(=O)CCCOCC1CCCN1. The monoisotopic (exact) mass is 200 g/mol. The van der Waals surface area contributed by atoms with Gasteiger partial charge in [-0.05, 0) is 25.8 Å². The second-order valence-electron chi connectivity index (χ2n) is 3.64. The number of hydrogen-bond acceptors (Lipinski definition) is 3. The molecule has 0 aromatic heterocycles. The van der Waals surface area contributed by atoms with Gasteiger partial charge in [-0.25, -0.2) is 0 Å². The van der Waals surface area contributed by atoms with Crippen LogP contribution in [-0.2, 0) is 9.53 Å². The van der Waals surface area contributed by atoms with E-state index < -0.39 is 0 Å². The van der Waals surface area contributed by atoms with E-state index in [-0.39, 0.29) is 5.91 Å². The van der Waals surface area contributed by atoms with Gasteiger partial charge in [-0.1, -0.05) is 0 Å². The van der Waals surface area contributed by atoms with Gasteiger partial charge in [-0.15, -0.1) is 0 Å². The average molecular weight is 200 g/mol. The summed E-state index contributed by atoms with van der Waals surface area (Å²) in [5.74, 6) is 0.0904. The van der Waals surface area contributed by atoms with Crippen molar-refractivity contribution >= 4 is 5.91 Å². The second kappa shape index (κ2) is 6.79. The average Bonchev–Trinajstić information content (AvgIpc) is 2.69. The maximum absolute atomic E-state index is 10.9. The molecule has 14 heavy (non-hydrogen) atoms. The third kappa shape index (κ3) is 4.58. The lowest BCUT2D eigenvalue weighted by atomic mass is 10.2. The number of nitrogens with one attached hydrogen (secondary N) is 2. The minimum atomic E-state index is 0.0904. The molecule has 2 N–H and O–H groups in total. The fourth-order valence-corrected chi connectivity index (χ4v) is 1.58. The van der Waals surface area contributed by atoms with E-state index in [4.69, 9.17) is 4.74 Å². The minimum absolute atomic E-state index is 0.0904. The van der Waals surface area contributed by atoms with Gasteiger partial charge in [-0.3, -0.25) is 4.79 Å². The Labute approximate surface area is 85.4 Å². The van der Waals surface area contributed by atoms with E-state index in [0.717, 1.165) is 19.6 Å². The van der Waals surface area contributed by atoms with E-state index in [2.05, 4.69) is 10.6 Å². The van der Waals surface area contributed by atoms with Crippen LogP contribution in [0.3, 0.4) is 0 Å². The van der Waals surface area contributed by atoms with Crippen molar-refractivity contribution in [1.82, 2.24) is 10.6 Å². The first-order valence-electron chi connectivity index (χ1n) is 5.34. The van der Waals surface area contributed by atoms with Crippen LogP contribution in [0.4, 0.5) is 0 Å². The summed E-state index contributed by atoms with van der Waals surface area (Å²) in [6, 6.07) is 0.537. The number of rotatable bonds is 6. The summed E-state index contributed by atoms with van der Waals surface area (Å²) in [6.45, 7) is 2.59. The number of ether oxygens (including phenoxy) is 1. The summed E-state index contributed by atoms with van der Waals surface area (Å²) >= 11 is 0. The number of carbonyl (C=O) groups is 1. The van der Waals surface area contributed by atoms with Gasteiger partial charge in [0.15, 0.2) is 0 Å². The molecule has 1 heterocycles. The van der Waals surface area contributed by atoms with Gasteiger partial charge in [0.1, 0.15) is 0 Å². The number of hydrogen-bond donors (Lipinski definition) is 2. The molecule has 1 aliphatic heterocycles. The molecule has 1 atom stereocenters. The lowest BCUT2D eigenvalue weighted by Gasteiger charge is -2.10. The van der Waals surface area contributed by atoms with Gasteiger partial charge in [0.25, 0.3) is 0 Å². The highest BCUT2D eigenvalue weighted by Crippen LogP contribution is 2.05. The van der Waals surface area contributed by atoms with E-state index >= 15 is 0 Å². The molecule has 4 heteroatoms. The first kappa shape index (κ1) is 11.5. The van der Waals surface area contributed by atoms with Crippen LogP contribution < -0.4 is 10.6 Å². The number of amides is 1. The molecule has 0 bridgehead atoms. The molecule has 82 valence electrons. The summed E-state index contributed by atoms with van der Waals surface area (Å²) in [5.41, 5.74) is 0. The highest BCUT2D eigenvalue weighted by Gasteiger charge is 2.13. The Bertz CT molecular complexity index is 168. The zero-order chi connectivity index (χ0) is 10.2. The van der Waals surface area contributed by atoms with Crippen LogP contribution in [0, 0.1) is 0 Å². The maximum Gasteiger partial charge on any atom is 0.219 e. The van der Waals surface area contributed by atoms with Crippen molar-refractivity contribution in [3.05, 3.63) is 0 Å². The Morgan fingerprint density at radius 2 is 2.50 bits per heavy atom. The summed E-state index contributed by atoms with van der Waals surface area (Å²) in [7, 11) is 1.66. The normalized spacial score (nSPS) is 21.1. The van der Waals surface area contributed by atoms with Crippen molar-refractivity contribution in [3.8, 4) is 0 Å². The standard InChI is InChI=1S/C10H20N2O2/c1-11-10(13)5-3-7-14-8-9-4-2-6-12-9/h9,12H,2-8H2,1H3,(H,11,13). The van der Waals surface area contributed by atoms with Gasteiger partial charge in [0, 0.05) is 26.1 Å². The highest BCUT2D eigenvalue weighted by atomic mass is 16.5. The third-order valence-electron chi connectivity index (χ3n) is 2.45. The Kier molecular flexibility index (Phi) is 5.56. The molecule has 1 aliphatic rings. The van der Waals surface area contributed by atoms with Crippen LogP contribution in [0.25, 0.3) is 0 Å². The van der Waals surface area contributed by atoms with Crippen LogP contribution in [0.1, 0.15) is 25.7 Å². The molecule has 0 spiro atoms. The quantitative estimate of drug-likeness (QED) is 0.606. The molecule has 1 fully saturated rings. The van der Waals surface area contributed by atoms with Crippen molar-refractivity contribution in [1.29, 1.82) is 0 Å². The lowest BCUT2D eigenvalue weighted by molar-refractivity contribution is -0.120. The van der Waals surface area contributed by atoms with Crippen molar-refractivity contribution in [2.24, 2.45) is 0 Å². The van der Waals surface area contributed by atoms with Gasteiger partial charge in [0.2, 0.25) is 5.91 Å². The van der Waals surface area contributed by atoms with Crippen molar-refractivity contribution in [2.45, 2.75) is 31.7 Å². The van der Waals surface area contributed by atoms with Crippen molar-refractivity contribution in [3.63, 3.8) is 0 Å². The molecule has 1 saturated heterocycles. The summed E-state index contributed by atoms with van der Waals surface area (Å²) < 4.78 is 5.47. The fraction of sp³-hybridized carbons (Fsp3) is 0.900. The molecule has 0 aromatic rings. The molecular weight excluding hydrogens is 180 g/mol. The molecule has 0 aliphatic carbocycles. The largest absolute Gasteiger partial charge is 0.380 e. The minimum Gasteiger partial charge on any atom is -0.380 e. The van der Waals surface area contributed by atoms with Gasteiger partial charge in [-0.2, -0.15) is 0 Å². The van der Waals surface area contributed by atoms with Crippen LogP contribution in [0.5, 0.6) is 0 Å². The van der Waals surface area contributed by atoms with E-state index in [0.29, 0.717) is 19.1 Å². The molecule has 1 rings (SSSR count). The van der Waals surface area contributed by atoms with E-state index in [1.807, 2.05) is 0 Å². The van der Waals surface area contributed by atoms with E-state index in [1.54, 1.807) is 7.05 Å². The Balaban J connectivity index is 1.86. The van der Waals surface area contributed by atoms with E-state index in [1.165, 1.54) is 12.8 Å². The fourth-order valence-electron chi connectivity index (χ4n) is 1.58. The van der Waals surface area contributed by atoms with Crippen molar-refractivity contribution in [2.75, 3.05) is 26.8 Å². The molecule has 0 saturated carbocycles. The molecule has 4 nitrogen and oxygen atoms in total. The zero-order valence-corrected chi connectivity index (χ0v) is 8.84. The van der Waals surface area contributed by atoms with Crippen LogP contribution in [0.15, 0.2) is 0 Å². The highest BCUT2D eigenvalue weighted by molar-refractivity contribution is 5.75. The molecule has 0 radical (unpaired) electrons. The summed E-state index contributed by atoms with van der Waals surface area (Å²) in [4.78, 5) is 10.9. The summed E-state index contributed by atoms with van der Waals surface area (Å²) in [5, 5.41) is 5.95. The Morgan fingerprint density at radius 3 is 3.14 bits per heavy atom. The van der Waals surface area contributed by atoms with Gasteiger partial charge >= 0.3 is 0 Å². The summed E-state index contributed by atoms with van der Waals surface area (Å²) in [6.07, 6.45) is 3.85. The molecule has 0 aromatic carbocycles. The molecular formula is C10H20N2O2. The first-order chi connectivity index (χ1) is 6.83. The molecule has 1 unspecified atom stereocenters. The zero-order valence-electron chi connectivity index (χ0n) is 8.84.